The average molecular weight is 451 g/mol. The molecule has 1 atom stereocenters. The van der Waals surface area contributed by atoms with Gasteiger partial charge in [0.15, 0.2) is 11.3 Å². The third-order valence-electron chi connectivity index (χ3n) is 5.06. The first-order chi connectivity index (χ1) is 15.0. The molecule has 158 valence electrons. The van der Waals surface area contributed by atoms with E-state index in [-0.39, 0.29) is 11.3 Å². The fourth-order valence-electron chi connectivity index (χ4n) is 3.37. The van der Waals surface area contributed by atoms with Crippen molar-refractivity contribution in [3.05, 3.63) is 101 Å². The number of aryl methyl sites for hydroxylation is 1. The van der Waals surface area contributed by atoms with E-state index >= 15 is 0 Å². The molecule has 0 aromatic heterocycles. The van der Waals surface area contributed by atoms with Gasteiger partial charge >= 0.3 is 0 Å². The van der Waals surface area contributed by atoms with E-state index < -0.39 is 0 Å². The Kier molecular flexibility index (Phi) is 6.54. The molecule has 0 radical (unpaired) electrons. The number of carbonyl (C=O) groups is 1. The van der Waals surface area contributed by atoms with Crippen LogP contribution in [0.4, 0.5) is 5.69 Å². The third kappa shape index (κ3) is 4.89. The second kappa shape index (κ2) is 9.50. The lowest BCUT2D eigenvalue weighted by molar-refractivity contribution is 0.102. The molecule has 0 saturated carbocycles. The number of methoxy groups -OCH3 is 1. The van der Waals surface area contributed by atoms with Gasteiger partial charge in [0.1, 0.15) is 5.75 Å². The van der Waals surface area contributed by atoms with Crippen LogP contribution in [0.15, 0.2) is 79.0 Å². The predicted octanol–water partition coefficient (Wildman–Crippen LogP) is 5.96. The quantitative estimate of drug-likeness (QED) is 0.449. The second-order valence-electron chi connectivity index (χ2n) is 7.23. The van der Waals surface area contributed by atoms with Crippen molar-refractivity contribution in [2.24, 2.45) is 0 Å². The van der Waals surface area contributed by atoms with E-state index in [1.165, 1.54) is 17.3 Å². The lowest BCUT2D eigenvalue weighted by atomic mass is 10.1. The summed E-state index contributed by atoms with van der Waals surface area (Å²) in [6, 6.07) is 23.3. The number of nitrogens with one attached hydrogen (secondary N) is 1. The monoisotopic (exact) mass is 450 g/mol. The molecule has 6 heteroatoms. The summed E-state index contributed by atoms with van der Waals surface area (Å²) >= 11 is 7.48. The van der Waals surface area contributed by atoms with Crippen molar-refractivity contribution >= 4 is 40.5 Å². The summed E-state index contributed by atoms with van der Waals surface area (Å²) in [6.45, 7) is 2.07. The highest BCUT2D eigenvalue weighted by atomic mass is 35.5. The number of carbonyl (C=O) groups excluding carboxylic acids is 1. The number of para-hydroxylation sites is 2. The number of benzene rings is 3. The number of hydrogen-bond donors (Lipinski definition) is 1. The van der Waals surface area contributed by atoms with E-state index in [0.29, 0.717) is 16.3 Å². The molecular weight excluding hydrogens is 428 g/mol. The summed E-state index contributed by atoms with van der Waals surface area (Å²) in [6.07, 6.45) is 2.08. The van der Waals surface area contributed by atoms with Gasteiger partial charge in [0, 0.05) is 16.8 Å². The fraction of sp³-hybridized carbons (Fsp3) is 0.160. The van der Waals surface area contributed by atoms with Crippen molar-refractivity contribution in [3.63, 3.8) is 0 Å². The molecule has 1 aliphatic rings. The summed E-state index contributed by atoms with van der Waals surface area (Å²) < 4.78 is 5.58. The van der Waals surface area contributed by atoms with Gasteiger partial charge in [0.2, 0.25) is 0 Å². The normalized spacial score (nSPS) is 15.4. The van der Waals surface area contributed by atoms with Crippen molar-refractivity contribution < 1.29 is 9.53 Å². The van der Waals surface area contributed by atoms with E-state index in [1.54, 1.807) is 31.4 Å². The van der Waals surface area contributed by atoms with Crippen LogP contribution in [0.5, 0.6) is 5.75 Å². The first-order valence-corrected chi connectivity index (χ1v) is 11.3. The first-order valence-electron chi connectivity index (χ1n) is 9.92. The molecule has 0 amide bonds. The van der Waals surface area contributed by atoms with Crippen molar-refractivity contribution in [1.82, 2.24) is 5.32 Å². The van der Waals surface area contributed by atoms with Crippen molar-refractivity contribution in [3.8, 4) is 5.75 Å². The SMILES string of the molecule is COc1ccccc1N1C=C(c2ccc(C)cc2)N[C@@H]1SCC(=O)c1ccc(Cl)cc1. The highest BCUT2D eigenvalue weighted by Gasteiger charge is 2.28. The van der Waals surface area contributed by atoms with Crippen LogP contribution in [0.1, 0.15) is 21.5 Å². The molecule has 0 saturated heterocycles. The van der Waals surface area contributed by atoms with E-state index in [9.17, 15) is 4.79 Å². The van der Waals surface area contributed by atoms with Gasteiger partial charge in [0.25, 0.3) is 0 Å². The molecule has 4 rings (SSSR count). The Balaban J connectivity index is 1.58. The zero-order valence-corrected chi connectivity index (χ0v) is 18.9. The van der Waals surface area contributed by atoms with Crippen LogP contribution in [0.25, 0.3) is 5.70 Å². The van der Waals surface area contributed by atoms with Crippen LogP contribution < -0.4 is 15.0 Å². The number of nitrogens with zero attached hydrogens (tertiary/aromatic N) is 1. The van der Waals surface area contributed by atoms with Gasteiger partial charge in [-0.1, -0.05) is 53.6 Å². The molecule has 0 aliphatic carbocycles. The van der Waals surface area contributed by atoms with Gasteiger partial charge in [-0.25, -0.2) is 0 Å². The molecule has 0 unspecified atom stereocenters. The van der Waals surface area contributed by atoms with E-state index in [4.69, 9.17) is 16.3 Å². The third-order valence-corrected chi connectivity index (χ3v) is 6.41. The summed E-state index contributed by atoms with van der Waals surface area (Å²) in [5.41, 5.74) is 4.76. The smallest absolute Gasteiger partial charge is 0.172 e. The van der Waals surface area contributed by atoms with Crippen LogP contribution in [0, 0.1) is 6.92 Å². The van der Waals surface area contributed by atoms with Crippen molar-refractivity contribution in [2.45, 2.75) is 12.4 Å². The Hall–Kier alpha value is -2.89. The molecule has 3 aromatic carbocycles. The van der Waals surface area contributed by atoms with Crippen molar-refractivity contribution in [1.29, 1.82) is 0 Å². The average Bonchev–Trinajstić information content (AvgIpc) is 3.22. The standard InChI is InChI=1S/C25H23ClN2O2S/c1-17-7-9-18(10-8-17)21-15-28(22-5-3-4-6-24(22)30-2)25(27-21)31-16-23(29)19-11-13-20(26)14-12-19/h3-15,25,27H,16H2,1-2H3/t25-/m0/s1. The van der Waals surface area contributed by atoms with E-state index in [1.807, 2.05) is 24.3 Å². The zero-order chi connectivity index (χ0) is 21.8. The summed E-state index contributed by atoms with van der Waals surface area (Å²) in [5, 5.41) is 4.18. The molecule has 3 aromatic rings. The lowest BCUT2D eigenvalue weighted by Gasteiger charge is -2.26. The lowest BCUT2D eigenvalue weighted by Crippen LogP contribution is -2.34. The number of thioether (sulfide) groups is 1. The van der Waals surface area contributed by atoms with Crippen LogP contribution >= 0.6 is 23.4 Å². The number of anilines is 1. The minimum absolute atomic E-state index is 0.0622. The zero-order valence-electron chi connectivity index (χ0n) is 17.3. The summed E-state index contributed by atoms with van der Waals surface area (Å²) in [4.78, 5) is 14.8. The fourth-order valence-corrected chi connectivity index (χ4v) is 4.52. The number of halogens is 1. The largest absolute Gasteiger partial charge is 0.495 e. The maximum absolute atomic E-state index is 12.7. The van der Waals surface area contributed by atoms with E-state index in [2.05, 4.69) is 47.6 Å². The number of ether oxygens (including phenoxy) is 1. The molecule has 4 nitrogen and oxygen atoms in total. The van der Waals surface area contributed by atoms with Crippen LogP contribution in [0.2, 0.25) is 5.02 Å². The Bertz CT molecular complexity index is 1100. The Labute approximate surface area is 191 Å². The Morgan fingerprint density at radius 3 is 2.48 bits per heavy atom. The minimum Gasteiger partial charge on any atom is -0.495 e. The molecule has 1 N–H and O–H groups in total. The van der Waals surface area contributed by atoms with Gasteiger partial charge in [-0.2, -0.15) is 0 Å². The molecule has 1 aliphatic heterocycles. The number of ketones is 1. The van der Waals surface area contributed by atoms with Gasteiger partial charge in [-0.15, -0.1) is 11.8 Å². The number of rotatable bonds is 7. The highest BCUT2D eigenvalue weighted by molar-refractivity contribution is 8.00. The van der Waals surface area contributed by atoms with Gasteiger partial charge < -0.3 is 15.0 Å². The first kappa shape index (κ1) is 21.3. The van der Waals surface area contributed by atoms with Gasteiger partial charge in [-0.3, -0.25) is 4.79 Å². The maximum Gasteiger partial charge on any atom is 0.172 e. The topological polar surface area (TPSA) is 41.6 Å². The molecule has 0 bridgehead atoms. The number of Topliss-reactive ketones (excluding diaryl/α,β-unsaturated/α-hetero) is 1. The summed E-state index contributed by atoms with van der Waals surface area (Å²) in [5.74, 6) is 1.17. The molecule has 1 heterocycles. The predicted molar refractivity (Wildman–Crippen MR) is 130 cm³/mol. The van der Waals surface area contributed by atoms with Crippen LogP contribution in [0.3, 0.4) is 0 Å². The second-order valence-corrected chi connectivity index (χ2v) is 8.73. The van der Waals surface area contributed by atoms with Crippen molar-refractivity contribution in [2.75, 3.05) is 17.8 Å². The molecule has 0 spiro atoms. The maximum atomic E-state index is 12.7. The van der Waals surface area contributed by atoms with Gasteiger partial charge in [-0.05, 0) is 48.9 Å². The van der Waals surface area contributed by atoms with Crippen LogP contribution in [-0.2, 0) is 0 Å². The molecule has 0 fully saturated rings. The molecular formula is C25H23ClN2O2S. The van der Waals surface area contributed by atoms with Gasteiger partial charge in [0.05, 0.1) is 24.2 Å². The minimum atomic E-state index is -0.149. The Morgan fingerprint density at radius 1 is 1.06 bits per heavy atom. The number of hydrogen-bond acceptors (Lipinski definition) is 5. The van der Waals surface area contributed by atoms with E-state index in [0.717, 1.165) is 22.7 Å². The summed E-state index contributed by atoms with van der Waals surface area (Å²) in [7, 11) is 1.67. The molecule has 31 heavy (non-hydrogen) atoms. The highest BCUT2D eigenvalue weighted by Crippen LogP contribution is 2.36. The van der Waals surface area contributed by atoms with Crippen LogP contribution in [-0.4, -0.2) is 24.1 Å². The Morgan fingerprint density at radius 2 is 1.77 bits per heavy atom.